The minimum absolute atomic E-state index is 0.127. The van der Waals surface area contributed by atoms with Crippen molar-refractivity contribution in [2.45, 2.75) is 46.1 Å². The van der Waals surface area contributed by atoms with E-state index in [0.29, 0.717) is 34.4 Å². The highest BCUT2D eigenvalue weighted by Crippen LogP contribution is 2.34. The Labute approximate surface area is 186 Å². The number of anilines is 2. The molecule has 3 aromatic rings. The molecular weight excluding hydrogens is 408 g/mol. The average Bonchev–Trinajstić information content (AvgIpc) is 3.26. The Balaban J connectivity index is 1.51. The molecule has 32 heavy (non-hydrogen) atoms. The fraction of sp³-hybridized carbons (Fsp3) is 0.333. The number of hydrogen-bond acceptors (Lipinski definition) is 6. The van der Waals surface area contributed by atoms with E-state index in [0.717, 1.165) is 5.56 Å². The summed E-state index contributed by atoms with van der Waals surface area (Å²) in [6.45, 7) is 7.83. The minimum atomic E-state index is -0.594. The van der Waals surface area contributed by atoms with Crippen LogP contribution >= 0.6 is 0 Å². The Morgan fingerprint density at radius 3 is 2.72 bits per heavy atom. The fourth-order valence-electron chi connectivity index (χ4n) is 3.60. The van der Waals surface area contributed by atoms with Gasteiger partial charge in [0, 0.05) is 18.9 Å². The van der Waals surface area contributed by atoms with Gasteiger partial charge in [0.25, 0.3) is 11.8 Å². The summed E-state index contributed by atoms with van der Waals surface area (Å²) < 4.78 is 11.1. The zero-order chi connectivity index (χ0) is 22.8. The van der Waals surface area contributed by atoms with Crippen LogP contribution in [0.2, 0.25) is 0 Å². The van der Waals surface area contributed by atoms with Crippen LogP contribution < -0.4 is 15.0 Å². The summed E-state index contributed by atoms with van der Waals surface area (Å²) in [4.78, 5) is 31.6. The Kier molecular flexibility index (Phi) is 5.94. The first kappa shape index (κ1) is 21.5. The number of aryl methyl sites for hydroxylation is 1. The number of aromatic nitrogens is 2. The van der Waals surface area contributed by atoms with Crippen molar-refractivity contribution < 1.29 is 18.8 Å². The number of rotatable bonds is 6. The molecule has 2 aromatic carbocycles. The van der Waals surface area contributed by atoms with Crippen molar-refractivity contribution in [3.63, 3.8) is 0 Å². The molecule has 0 radical (unpaired) electrons. The summed E-state index contributed by atoms with van der Waals surface area (Å²) in [5, 5.41) is 6.99. The van der Waals surface area contributed by atoms with Gasteiger partial charge in [-0.25, -0.2) is 0 Å². The van der Waals surface area contributed by atoms with E-state index < -0.39 is 6.10 Å². The van der Waals surface area contributed by atoms with Crippen LogP contribution in [0.3, 0.4) is 0 Å². The average molecular weight is 434 g/mol. The van der Waals surface area contributed by atoms with Gasteiger partial charge in [0.1, 0.15) is 5.75 Å². The molecule has 0 bridgehead atoms. The Morgan fingerprint density at radius 2 is 1.97 bits per heavy atom. The van der Waals surface area contributed by atoms with Gasteiger partial charge in [-0.2, -0.15) is 4.98 Å². The number of carbonyl (C=O) groups excluding carboxylic acids is 2. The van der Waals surface area contributed by atoms with Crippen LogP contribution in [-0.2, 0) is 9.59 Å². The number of para-hydroxylation sites is 3. The van der Waals surface area contributed by atoms with Gasteiger partial charge < -0.3 is 19.5 Å². The summed E-state index contributed by atoms with van der Waals surface area (Å²) in [5.41, 5.74) is 2.84. The van der Waals surface area contributed by atoms with Gasteiger partial charge >= 0.3 is 0 Å². The summed E-state index contributed by atoms with van der Waals surface area (Å²) in [6.07, 6.45) is -0.467. The fourth-order valence-corrected chi connectivity index (χ4v) is 3.60. The lowest BCUT2D eigenvalue weighted by Crippen LogP contribution is -2.45. The van der Waals surface area contributed by atoms with Gasteiger partial charge in [-0.15, -0.1) is 0 Å². The molecule has 1 atom stereocenters. The van der Waals surface area contributed by atoms with Crippen LogP contribution in [-0.4, -0.2) is 34.6 Å². The van der Waals surface area contributed by atoms with Crippen LogP contribution in [0.25, 0.3) is 11.5 Å². The number of carbonyl (C=O) groups is 2. The number of amides is 2. The van der Waals surface area contributed by atoms with Crippen molar-refractivity contribution in [2.75, 3.05) is 16.8 Å². The number of nitrogens with zero attached hydrogens (tertiary/aromatic N) is 3. The lowest BCUT2D eigenvalue weighted by Gasteiger charge is -2.32. The summed E-state index contributed by atoms with van der Waals surface area (Å²) >= 11 is 0. The lowest BCUT2D eigenvalue weighted by atomic mass is 10.1. The van der Waals surface area contributed by atoms with E-state index in [2.05, 4.69) is 15.5 Å². The van der Waals surface area contributed by atoms with Crippen LogP contribution in [0.1, 0.15) is 44.5 Å². The first-order valence-electron chi connectivity index (χ1n) is 10.7. The monoisotopic (exact) mass is 434 g/mol. The molecule has 4 rings (SSSR count). The normalized spacial score (nSPS) is 15.5. The van der Waals surface area contributed by atoms with Gasteiger partial charge in [0.2, 0.25) is 5.91 Å². The molecule has 2 heterocycles. The Morgan fingerprint density at radius 1 is 1.19 bits per heavy atom. The zero-order valence-electron chi connectivity index (χ0n) is 18.6. The molecule has 1 N–H and O–H groups in total. The van der Waals surface area contributed by atoms with Gasteiger partial charge in [-0.1, -0.05) is 43.3 Å². The molecule has 1 aromatic heterocycles. The smallest absolute Gasteiger partial charge is 0.267 e. The molecule has 0 saturated heterocycles. The standard InChI is InChI=1S/C24H26N4O4/c1-14(2)22-26-23(32-27-22)17-9-7-8-15(3)21(17)25-20(29)12-13-28-18-10-5-6-11-19(18)31-16(4)24(28)30/h5-11,14,16H,12-13H2,1-4H3,(H,25,29). The zero-order valence-corrected chi connectivity index (χ0v) is 18.6. The molecule has 0 fully saturated rings. The number of benzene rings is 2. The molecule has 8 heteroatoms. The topological polar surface area (TPSA) is 97.6 Å². The third kappa shape index (κ3) is 4.21. The number of ether oxygens (including phenoxy) is 1. The highest BCUT2D eigenvalue weighted by molar-refractivity contribution is 6.01. The third-order valence-electron chi connectivity index (χ3n) is 5.36. The second-order valence-electron chi connectivity index (χ2n) is 8.13. The third-order valence-corrected chi connectivity index (χ3v) is 5.36. The van der Waals surface area contributed by atoms with Crippen molar-refractivity contribution in [1.82, 2.24) is 10.1 Å². The van der Waals surface area contributed by atoms with Gasteiger partial charge in [0.05, 0.1) is 16.9 Å². The molecule has 0 aliphatic carbocycles. The summed E-state index contributed by atoms with van der Waals surface area (Å²) in [7, 11) is 0. The van der Waals surface area contributed by atoms with Crippen LogP contribution in [0.5, 0.6) is 5.75 Å². The molecule has 1 aliphatic rings. The van der Waals surface area contributed by atoms with Crippen molar-refractivity contribution in [2.24, 2.45) is 0 Å². The molecule has 0 saturated carbocycles. The van der Waals surface area contributed by atoms with Crippen LogP contribution in [0, 0.1) is 6.92 Å². The van der Waals surface area contributed by atoms with Gasteiger partial charge in [0.15, 0.2) is 11.9 Å². The Hall–Kier alpha value is -3.68. The van der Waals surface area contributed by atoms with Crippen molar-refractivity contribution >= 4 is 23.2 Å². The largest absolute Gasteiger partial charge is 0.479 e. The van der Waals surface area contributed by atoms with Crippen molar-refractivity contribution in [3.8, 4) is 17.2 Å². The van der Waals surface area contributed by atoms with E-state index in [-0.39, 0.29) is 30.7 Å². The SMILES string of the molecule is Cc1cccc(-c2nc(C(C)C)no2)c1NC(=O)CCN1C(=O)C(C)Oc2ccccc21. The maximum absolute atomic E-state index is 12.9. The molecule has 8 nitrogen and oxygen atoms in total. The number of hydrogen-bond donors (Lipinski definition) is 1. The first-order chi connectivity index (χ1) is 15.3. The van der Waals surface area contributed by atoms with Gasteiger partial charge in [-0.3, -0.25) is 9.59 Å². The van der Waals surface area contributed by atoms with E-state index in [1.807, 2.05) is 63.2 Å². The first-order valence-corrected chi connectivity index (χ1v) is 10.7. The lowest BCUT2D eigenvalue weighted by molar-refractivity contribution is -0.125. The van der Waals surface area contributed by atoms with E-state index in [1.54, 1.807) is 11.8 Å². The molecule has 1 aliphatic heterocycles. The van der Waals surface area contributed by atoms with E-state index in [1.165, 1.54) is 0 Å². The Bertz CT molecular complexity index is 1150. The van der Waals surface area contributed by atoms with Crippen molar-refractivity contribution in [1.29, 1.82) is 0 Å². The van der Waals surface area contributed by atoms with Crippen molar-refractivity contribution in [3.05, 3.63) is 53.9 Å². The van der Waals surface area contributed by atoms with Gasteiger partial charge in [-0.05, 0) is 37.6 Å². The number of nitrogens with one attached hydrogen (secondary N) is 1. The second-order valence-corrected chi connectivity index (χ2v) is 8.13. The molecular formula is C24H26N4O4. The molecule has 0 spiro atoms. The maximum atomic E-state index is 12.9. The van der Waals surface area contributed by atoms with Crippen LogP contribution in [0.4, 0.5) is 11.4 Å². The minimum Gasteiger partial charge on any atom is -0.479 e. The number of fused-ring (bicyclic) bond motifs is 1. The molecule has 1 unspecified atom stereocenters. The van der Waals surface area contributed by atoms with E-state index in [4.69, 9.17) is 9.26 Å². The maximum Gasteiger partial charge on any atom is 0.267 e. The highest BCUT2D eigenvalue weighted by atomic mass is 16.5. The second kappa shape index (κ2) is 8.82. The predicted octanol–water partition coefficient (Wildman–Crippen LogP) is 4.31. The summed E-state index contributed by atoms with van der Waals surface area (Å²) in [6, 6.07) is 13.0. The van der Waals surface area contributed by atoms with Crippen LogP contribution in [0.15, 0.2) is 47.0 Å². The summed E-state index contributed by atoms with van der Waals surface area (Å²) in [5.74, 6) is 1.36. The predicted molar refractivity (Wildman–Crippen MR) is 121 cm³/mol. The molecule has 2 amide bonds. The highest BCUT2D eigenvalue weighted by Gasteiger charge is 2.31. The van der Waals surface area contributed by atoms with E-state index >= 15 is 0 Å². The van der Waals surface area contributed by atoms with E-state index in [9.17, 15) is 9.59 Å². The molecule has 166 valence electrons. The quantitative estimate of drug-likeness (QED) is 0.621.